The maximum absolute atomic E-state index is 4.66. The van der Waals surface area contributed by atoms with Gasteiger partial charge in [0.25, 0.3) is 0 Å². The number of aromatic nitrogens is 2. The van der Waals surface area contributed by atoms with Gasteiger partial charge in [-0.05, 0) is 30.9 Å². The molecule has 0 N–H and O–H groups in total. The van der Waals surface area contributed by atoms with Crippen molar-refractivity contribution < 1.29 is 0 Å². The van der Waals surface area contributed by atoms with E-state index in [1.165, 1.54) is 22.2 Å². The number of hydrogen-bond acceptors (Lipinski definition) is 1. The van der Waals surface area contributed by atoms with Crippen LogP contribution in [0.5, 0.6) is 0 Å². The van der Waals surface area contributed by atoms with Gasteiger partial charge >= 0.3 is 0 Å². The Morgan fingerprint density at radius 2 is 1.76 bits per heavy atom. The van der Waals surface area contributed by atoms with Crippen molar-refractivity contribution in [1.82, 2.24) is 9.78 Å². The van der Waals surface area contributed by atoms with E-state index in [-0.39, 0.29) is 0 Å². The van der Waals surface area contributed by atoms with Crippen molar-refractivity contribution in [3.05, 3.63) is 65.9 Å². The SMILES string of the molecule is Cn1nc(CCCC(Br)c2ccccc2)c2ccccc21. The molecule has 0 saturated heterocycles. The zero-order valence-corrected chi connectivity index (χ0v) is 13.8. The molecule has 3 heteroatoms. The minimum atomic E-state index is 0.425. The van der Waals surface area contributed by atoms with Crippen LogP contribution in [0.2, 0.25) is 0 Å². The van der Waals surface area contributed by atoms with Crippen LogP contribution >= 0.6 is 15.9 Å². The Bertz CT molecular complexity index is 718. The van der Waals surface area contributed by atoms with Crippen molar-refractivity contribution in [2.24, 2.45) is 7.05 Å². The van der Waals surface area contributed by atoms with Crippen LogP contribution < -0.4 is 0 Å². The highest BCUT2D eigenvalue weighted by Crippen LogP contribution is 2.28. The smallest absolute Gasteiger partial charge is 0.0703 e. The van der Waals surface area contributed by atoms with Gasteiger partial charge in [-0.3, -0.25) is 4.68 Å². The minimum Gasteiger partial charge on any atom is -0.268 e. The number of nitrogens with zero attached hydrogens (tertiary/aromatic N) is 2. The van der Waals surface area contributed by atoms with E-state index < -0.39 is 0 Å². The summed E-state index contributed by atoms with van der Waals surface area (Å²) in [5.74, 6) is 0. The summed E-state index contributed by atoms with van der Waals surface area (Å²) in [4.78, 5) is 0.425. The van der Waals surface area contributed by atoms with Gasteiger partial charge in [0.2, 0.25) is 0 Å². The molecule has 108 valence electrons. The molecule has 1 heterocycles. The first kappa shape index (κ1) is 14.3. The van der Waals surface area contributed by atoms with Crippen molar-refractivity contribution in [1.29, 1.82) is 0 Å². The predicted octanol–water partition coefficient (Wildman–Crippen LogP) is 5.03. The van der Waals surface area contributed by atoms with Crippen LogP contribution in [-0.2, 0) is 13.5 Å². The molecule has 0 bridgehead atoms. The summed E-state index contributed by atoms with van der Waals surface area (Å²) in [6.45, 7) is 0. The van der Waals surface area contributed by atoms with Gasteiger partial charge in [-0.25, -0.2) is 0 Å². The summed E-state index contributed by atoms with van der Waals surface area (Å²) < 4.78 is 1.98. The molecule has 0 aliphatic heterocycles. The number of benzene rings is 2. The van der Waals surface area contributed by atoms with Crippen LogP contribution in [0.25, 0.3) is 10.9 Å². The molecule has 2 nitrogen and oxygen atoms in total. The average Bonchev–Trinajstić information content (AvgIpc) is 2.85. The van der Waals surface area contributed by atoms with Gasteiger partial charge in [-0.1, -0.05) is 64.5 Å². The highest BCUT2D eigenvalue weighted by Gasteiger charge is 2.10. The van der Waals surface area contributed by atoms with Crippen molar-refractivity contribution >= 4 is 26.8 Å². The minimum absolute atomic E-state index is 0.425. The van der Waals surface area contributed by atoms with Crippen molar-refractivity contribution in [2.75, 3.05) is 0 Å². The molecule has 0 aliphatic carbocycles. The van der Waals surface area contributed by atoms with Gasteiger partial charge < -0.3 is 0 Å². The maximum atomic E-state index is 4.66. The first-order chi connectivity index (χ1) is 10.3. The Kier molecular flexibility index (Phi) is 4.39. The molecule has 0 aliphatic rings. The molecule has 0 radical (unpaired) electrons. The Labute approximate surface area is 133 Å². The van der Waals surface area contributed by atoms with E-state index in [2.05, 4.69) is 75.6 Å². The van der Waals surface area contributed by atoms with E-state index in [4.69, 9.17) is 0 Å². The standard InChI is InChI=1S/C18H19BrN2/c1-21-18-13-6-5-10-15(18)17(20-21)12-7-11-16(19)14-8-3-2-4-9-14/h2-6,8-10,13,16H,7,11-12H2,1H3. The number of alkyl halides is 1. The fourth-order valence-electron chi connectivity index (χ4n) is 2.75. The van der Waals surface area contributed by atoms with Crippen LogP contribution in [0, 0.1) is 0 Å². The highest BCUT2D eigenvalue weighted by atomic mass is 79.9. The molecule has 0 fully saturated rings. The third-order valence-corrected chi connectivity index (χ3v) is 4.85. The number of hydrogen-bond donors (Lipinski definition) is 0. The summed E-state index contributed by atoms with van der Waals surface area (Å²) in [5, 5.41) is 5.94. The lowest BCUT2D eigenvalue weighted by atomic mass is 10.0. The molecular weight excluding hydrogens is 324 g/mol. The second-order valence-electron chi connectivity index (χ2n) is 5.36. The van der Waals surface area contributed by atoms with Gasteiger partial charge in [-0.2, -0.15) is 5.10 Å². The molecule has 21 heavy (non-hydrogen) atoms. The molecule has 1 atom stereocenters. The lowest BCUT2D eigenvalue weighted by molar-refractivity contribution is 0.696. The Morgan fingerprint density at radius 1 is 1.05 bits per heavy atom. The third kappa shape index (κ3) is 3.18. The fraction of sp³-hybridized carbons (Fsp3) is 0.278. The molecule has 0 saturated carbocycles. The van der Waals surface area contributed by atoms with Crippen molar-refractivity contribution in [3.63, 3.8) is 0 Å². The van der Waals surface area contributed by atoms with Gasteiger partial charge in [0.1, 0.15) is 0 Å². The van der Waals surface area contributed by atoms with Crippen LogP contribution in [0.4, 0.5) is 0 Å². The van der Waals surface area contributed by atoms with Crippen LogP contribution in [0.1, 0.15) is 28.9 Å². The molecule has 2 aromatic carbocycles. The zero-order chi connectivity index (χ0) is 14.7. The highest BCUT2D eigenvalue weighted by molar-refractivity contribution is 9.09. The second kappa shape index (κ2) is 6.44. The summed E-state index contributed by atoms with van der Waals surface area (Å²) in [6.07, 6.45) is 3.27. The van der Waals surface area contributed by atoms with E-state index in [1.54, 1.807) is 0 Å². The number of fused-ring (bicyclic) bond motifs is 1. The molecule has 1 aromatic heterocycles. The van der Waals surface area contributed by atoms with Crippen LogP contribution in [0.15, 0.2) is 54.6 Å². The van der Waals surface area contributed by atoms with E-state index in [1.807, 2.05) is 11.7 Å². The van der Waals surface area contributed by atoms with Crippen molar-refractivity contribution in [2.45, 2.75) is 24.1 Å². The summed E-state index contributed by atoms with van der Waals surface area (Å²) >= 11 is 3.79. The summed E-state index contributed by atoms with van der Waals surface area (Å²) in [5.41, 5.74) is 3.77. The van der Waals surface area contributed by atoms with Gasteiger partial charge in [0.15, 0.2) is 0 Å². The zero-order valence-electron chi connectivity index (χ0n) is 12.2. The quantitative estimate of drug-likeness (QED) is 0.594. The van der Waals surface area contributed by atoms with E-state index in [0.29, 0.717) is 4.83 Å². The Balaban J connectivity index is 1.65. The van der Waals surface area contributed by atoms with Gasteiger partial charge in [-0.15, -0.1) is 0 Å². The van der Waals surface area contributed by atoms with E-state index in [0.717, 1.165) is 19.3 Å². The number of para-hydroxylation sites is 1. The molecular formula is C18H19BrN2. The number of rotatable bonds is 5. The van der Waals surface area contributed by atoms with Crippen LogP contribution in [0.3, 0.4) is 0 Å². The first-order valence-corrected chi connectivity index (χ1v) is 8.27. The fourth-order valence-corrected chi connectivity index (χ4v) is 3.38. The Hall–Kier alpha value is -1.61. The molecule has 3 aromatic rings. The van der Waals surface area contributed by atoms with Crippen LogP contribution in [-0.4, -0.2) is 9.78 Å². The van der Waals surface area contributed by atoms with Gasteiger partial charge in [0.05, 0.1) is 11.2 Å². The summed E-state index contributed by atoms with van der Waals surface area (Å²) in [7, 11) is 2.02. The number of aryl methyl sites for hydroxylation is 2. The summed E-state index contributed by atoms with van der Waals surface area (Å²) in [6, 6.07) is 19.0. The van der Waals surface area contributed by atoms with E-state index in [9.17, 15) is 0 Å². The topological polar surface area (TPSA) is 17.8 Å². The largest absolute Gasteiger partial charge is 0.268 e. The van der Waals surface area contributed by atoms with E-state index >= 15 is 0 Å². The monoisotopic (exact) mass is 342 g/mol. The molecule has 0 spiro atoms. The first-order valence-electron chi connectivity index (χ1n) is 7.35. The third-order valence-electron chi connectivity index (χ3n) is 3.87. The molecule has 3 rings (SSSR count). The molecule has 1 unspecified atom stereocenters. The Morgan fingerprint density at radius 3 is 2.57 bits per heavy atom. The average molecular weight is 343 g/mol. The lowest BCUT2D eigenvalue weighted by Crippen LogP contribution is -1.95. The number of halogens is 1. The second-order valence-corrected chi connectivity index (χ2v) is 6.46. The van der Waals surface area contributed by atoms with Crippen molar-refractivity contribution in [3.8, 4) is 0 Å². The predicted molar refractivity (Wildman–Crippen MR) is 91.8 cm³/mol. The molecule has 0 amide bonds. The maximum Gasteiger partial charge on any atom is 0.0703 e. The lowest BCUT2D eigenvalue weighted by Gasteiger charge is -2.09. The van der Waals surface area contributed by atoms with Gasteiger partial charge in [0, 0.05) is 17.3 Å². The normalized spacial score (nSPS) is 12.7.